The van der Waals surface area contributed by atoms with Gasteiger partial charge >= 0.3 is 0 Å². The van der Waals surface area contributed by atoms with Gasteiger partial charge in [0.05, 0.1) is 0 Å². The number of hydrogen-bond acceptors (Lipinski definition) is 2. The Morgan fingerprint density at radius 2 is 1.76 bits per heavy atom. The van der Waals surface area contributed by atoms with Crippen molar-refractivity contribution in [1.29, 1.82) is 0 Å². The molecule has 0 N–H and O–H groups in total. The lowest BCUT2D eigenvalue weighted by Gasteiger charge is -2.21. The van der Waals surface area contributed by atoms with Crippen LogP contribution in [0.1, 0.15) is 12.5 Å². The predicted molar refractivity (Wildman–Crippen MR) is 79.4 cm³/mol. The van der Waals surface area contributed by atoms with Crippen LogP contribution in [-0.4, -0.2) is 24.0 Å². The van der Waals surface area contributed by atoms with Gasteiger partial charge in [0.2, 0.25) is 0 Å². The number of carbonyl (C=O) groups is 1. The number of rotatable bonds is 6. The second-order valence-electron chi connectivity index (χ2n) is 4.64. The van der Waals surface area contributed by atoms with E-state index in [0.29, 0.717) is 18.8 Å². The van der Waals surface area contributed by atoms with Crippen molar-refractivity contribution in [1.82, 2.24) is 4.90 Å². The maximum absolute atomic E-state index is 12.8. The van der Waals surface area contributed by atoms with E-state index >= 15 is 0 Å². The van der Waals surface area contributed by atoms with Crippen LogP contribution in [0.25, 0.3) is 0 Å². The lowest BCUT2D eigenvalue weighted by molar-refractivity contribution is -0.133. The van der Waals surface area contributed by atoms with E-state index in [1.165, 1.54) is 24.3 Å². The summed E-state index contributed by atoms with van der Waals surface area (Å²) in [6.07, 6.45) is 0. The molecule has 2 aromatic carbocycles. The van der Waals surface area contributed by atoms with Crippen LogP contribution < -0.4 is 4.74 Å². The van der Waals surface area contributed by atoms with Crippen LogP contribution in [0, 0.1) is 5.82 Å². The summed E-state index contributed by atoms with van der Waals surface area (Å²) in [6, 6.07) is 15.4. The zero-order valence-electron chi connectivity index (χ0n) is 12.0. The summed E-state index contributed by atoms with van der Waals surface area (Å²) in [5.41, 5.74) is 1.08. The topological polar surface area (TPSA) is 29.5 Å². The van der Waals surface area contributed by atoms with Crippen LogP contribution >= 0.6 is 0 Å². The predicted octanol–water partition coefficient (Wildman–Crippen LogP) is 3.25. The van der Waals surface area contributed by atoms with E-state index in [1.54, 1.807) is 4.90 Å². The monoisotopic (exact) mass is 287 g/mol. The number of amides is 1. The first-order valence-electron chi connectivity index (χ1n) is 6.89. The Balaban J connectivity index is 1.89. The van der Waals surface area contributed by atoms with Gasteiger partial charge in [-0.25, -0.2) is 4.39 Å². The van der Waals surface area contributed by atoms with Crippen molar-refractivity contribution >= 4 is 5.91 Å². The third-order valence-electron chi connectivity index (χ3n) is 3.13. The van der Waals surface area contributed by atoms with Crippen molar-refractivity contribution in [3.63, 3.8) is 0 Å². The molecule has 0 fully saturated rings. The van der Waals surface area contributed by atoms with Gasteiger partial charge in [0.25, 0.3) is 5.91 Å². The lowest BCUT2D eigenvalue weighted by Crippen LogP contribution is -2.34. The number of ether oxygens (including phenoxy) is 1. The SMILES string of the molecule is CCN(Cc1ccccc1)C(=O)COc1ccc(F)cc1. The zero-order chi connectivity index (χ0) is 15.1. The summed E-state index contributed by atoms with van der Waals surface area (Å²) in [4.78, 5) is 13.9. The number of benzene rings is 2. The fourth-order valence-corrected chi connectivity index (χ4v) is 1.95. The van der Waals surface area contributed by atoms with E-state index in [-0.39, 0.29) is 18.3 Å². The second-order valence-corrected chi connectivity index (χ2v) is 4.64. The van der Waals surface area contributed by atoms with Gasteiger partial charge in [0, 0.05) is 13.1 Å². The molecular formula is C17H18FNO2. The van der Waals surface area contributed by atoms with E-state index in [1.807, 2.05) is 37.3 Å². The Kier molecular flexibility index (Phi) is 5.32. The minimum absolute atomic E-state index is 0.0493. The molecule has 110 valence electrons. The average Bonchev–Trinajstić information content (AvgIpc) is 2.52. The molecule has 0 aliphatic heterocycles. The van der Waals surface area contributed by atoms with Crippen LogP contribution in [0.4, 0.5) is 4.39 Å². The van der Waals surface area contributed by atoms with Gasteiger partial charge in [-0.1, -0.05) is 30.3 Å². The number of nitrogens with zero attached hydrogens (tertiary/aromatic N) is 1. The molecule has 0 heterocycles. The molecule has 0 radical (unpaired) electrons. The molecule has 0 spiro atoms. The van der Waals surface area contributed by atoms with Gasteiger partial charge in [-0.3, -0.25) is 4.79 Å². The molecule has 0 saturated carbocycles. The van der Waals surface area contributed by atoms with Crippen molar-refractivity contribution in [2.45, 2.75) is 13.5 Å². The van der Waals surface area contributed by atoms with Gasteiger partial charge < -0.3 is 9.64 Å². The Morgan fingerprint density at radius 3 is 2.38 bits per heavy atom. The molecule has 1 amide bonds. The van der Waals surface area contributed by atoms with Crippen molar-refractivity contribution in [2.24, 2.45) is 0 Å². The Bertz CT molecular complexity index is 569. The molecule has 3 nitrogen and oxygen atoms in total. The normalized spacial score (nSPS) is 10.2. The number of hydrogen-bond donors (Lipinski definition) is 0. The van der Waals surface area contributed by atoms with Gasteiger partial charge in [0.15, 0.2) is 6.61 Å². The van der Waals surface area contributed by atoms with Gasteiger partial charge in [-0.05, 0) is 36.8 Å². The van der Waals surface area contributed by atoms with Gasteiger partial charge in [-0.2, -0.15) is 0 Å². The standard InChI is InChI=1S/C17H18FNO2/c1-2-19(12-14-6-4-3-5-7-14)17(20)13-21-16-10-8-15(18)9-11-16/h3-11H,2,12-13H2,1H3. The zero-order valence-corrected chi connectivity index (χ0v) is 12.0. The van der Waals surface area contributed by atoms with Crippen LogP contribution in [0.5, 0.6) is 5.75 Å². The van der Waals surface area contributed by atoms with Crippen LogP contribution in [0.3, 0.4) is 0 Å². The molecule has 4 heteroatoms. The van der Waals surface area contributed by atoms with Crippen molar-refractivity contribution in [2.75, 3.05) is 13.2 Å². The van der Waals surface area contributed by atoms with E-state index in [2.05, 4.69) is 0 Å². The quantitative estimate of drug-likeness (QED) is 0.816. The molecule has 2 rings (SSSR count). The fourth-order valence-electron chi connectivity index (χ4n) is 1.95. The average molecular weight is 287 g/mol. The molecule has 0 saturated heterocycles. The number of carbonyl (C=O) groups excluding carboxylic acids is 1. The highest BCUT2D eigenvalue weighted by Crippen LogP contribution is 2.11. The minimum atomic E-state index is -0.326. The van der Waals surface area contributed by atoms with Crippen LogP contribution in [0.15, 0.2) is 54.6 Å². The van der Waals surface area contributed by atoms with Gasteiger partial charge in [0.1, 0.15) is 11.6 Å². The molecule has 0 unspecified atom stereocenters. The Morgan fingerprint density at radius 1 is 1.10 bits per heavy atom. The summed E-state index contributed by atoms with van der Waals surface area (Å²) >= 11 is 0. The van der Waals surface area contributed by atoms with Crippen molar-refractivity contribution in [3.05, 3.63) is 66.0 Å². The lowest BCUT2D eigenvalue weighted by atomic mass is 10.2. The molecule has 2 aromatic rings. The first-order valence-corrected chi connectivity index (χ1v) is 6.89. The summed E-state index contributed by atoms with van der Waals surface area (Å²) in [6.45, 7) is 3.05. The highest BCUT2D eigenvalue weighted by atomic mass is 19.1. The molecule has 21 heavy (non-hydrogen) atoms. The highest BCUT2D eigenvalue weighted by Gasteiger charge is 2.12. The molecule has 0 atom stereocenters. The molecule has 0 aliphatic carbocycles. The van der Waals surface area contributed by atoms with E-state index in [0.717, 1.165) is 5.56 Å². The first kappa shape index (κ1) is 15.0. The van der Waals surface area contributed by atoms with Crippen LogP contribution in [-0.2, 0) is 11.3 Å². The van der Waals surface area contributed by atoms with Crippen LogP contribution in [0.2, 0.25) is 0 Å². The maximum atomic E-state index is 12.8. The summed E-state index contributed by atoms with van der Waals surface area (Å²) < 4.78 is 18.2. The molecular weight excluding hydrogens is 269 g/mol. The highest BCUT2D eigenvalue weighted by molar-refractivity contribution is 5.77. The van der Waals surface area contributed by atoms with Crippen molar-refractivity contribution in [3.8, 4) is 5.75 Å². The largest absolute Gasteiger partial charge is 0.484 e. The second kappa shape index (κ2) is 7.43. The smallest absolute Gasteiger partial charge is 0.260 e. The summed E-state index contributed by atoms with van der Waals surface area (Å²) in [7, 11) is 0. The Labute approximate surface area is 124 Å². The minimum Gasteiger partial charge on any atom is -0.484 e. The summed E-state index contributed by atoms with van der Waals surface area (Å²) in [5.74, 6) is 0.0686. The third-order valence-corrected chi connectivity index (χ3v) is 3.13. The molecule has 0 aromatic heterocycles. The number of likely N-dealkylation sites (N-methyl/N-ethyl adjacent to an activating group) is 1. The van der Waals surface area contributed by atoms with E-state index in [9.17, 15) is 9.18 Å². The Hall–Kier alpha value is -2.36. The van der Waals surface area contributed by atoms with Crippen molar-refractivity contribution < 1.29 is 13.9 Å². The molecule has 0 aliphatic rings. The number of halogens is 1. The maximum Gasteiger partial charge on any atom is 0.260 e. The van der Waals surface area contributed by atoms with E-state index in [4.69, 9.17) is 4.74 Å². The third kappa shape index (κ3) is 4.60. The van der Waals surface area contributed by atoms with Gasteiger partial charge in [-0.15, -0.1) is 0 Å². The fraction of sp³-hybridized carbons (Fsp3) is 0.235. The molecule has 0 bridgehead atoms. The van der Waals surface area contributed by atoms with E-state index < -0.39 is 0 Å². The first-order chi connectivity index (χ1) is 10.2. The summed E-state index contributed by atoms with van der Waals surface area (Å²) in [5, 5.41) is 0.